The molecule has 1 N–H and O–H groups in total. The first-order valence-corrected chi connectivity index (χ1v) is 10.9. The standard InChI is InChI=1S/C17H30O4Si/c1-17(2,3)22(5,6)21-11-12-7-8-14-13(9-18)10-20-16(19-4)15(12)14/h7,10,14-16,18H,8-9,11H2,1-6H3. The molecule has 0 saturated carbocycles. The van der Waals surface area contributed by atoms with Crippen LogP contribution in [0.2, 0.25) is 18.1 Å². The summed E-state index contributed by atoms with van der Waals surface area (Å²) in [5, 5.41) is 9.71. The van der Waals surface area contributed by atoms with Crippen LogP contribution in [0.15, 0.2) is 23.5 Å². The Morgan fingerprint density at radius 3 is 2.55 bits per heavy atom. The van der Waals surface area contributed by atoms with Crippen molar-refractivity contribution in [1.82, 2.24) is 0 Å². The van der Waals surface area contributed by atoms with Crippen molar-refractivity contribution >= 4 is 8.32 Å². The van der Waals surface area contributed by atoms with Crippen LogP contribution in [0.5, 0.6) is 0 Å². The highest BCUT2D eigenvalue weighted by atomic mass is 28.4. The highest BCUT2D eigenvalue weighted by molar-refractivity contribution is 6.74. The second kappa shape index (κ2) is 6.47. The van der Waals surface area contributed by atoms with E-state index >= 15 is 0 Å². The van der Waals surface area contributed by atoms with E-state index in [0.29, 0.717) is 6.61 Å². The zero-order valence-electron chi connectivity index (χ0n) is 14.7. The summed E-state index contributed by atoms with van der Waals surface area (Å²) in [6, 6.07) is 0. The van der Waals surface area contributed by atoms with Gasteiger partial charge < -0.3 is 19.0 Å². The molecule has 0 saturated heterocycles. The summed E-state index contributed by atoms with van der Waals surface area (Å²) in [6.07, 6.45) is 4.56. The van der Waals surface area contributed by atoms with E-state index in [-0.39, 0.29) is 29.8 Å². The molecule has 1 heterocycles. The molecular weight excluding hydrogens is 296 g/mol. The van der Waals surface area contributed by atoms with E-state index in [0.717, 1.165) is 12.0 Å². The molecule has 0 fully saturated rings. The second-order valence-corrected chi connectivity index (χ2v) is 12.6. The SMILES string of the molecule is COC1OC=C(CO)C2CC=C(CO[Si](C)(C)C(C)(C)C)C12. The molecule has 0 spiro atoms. The van der Waals surface area contributed by atoms with Crippen LogP contribution in [0.25, 0.3) is 0 Å². The highest BCUT2D eigenvalue weighted by Crippen LogP contribution is 2.44. The number of ether oxygens (including phenoxy) is 2. The summed E-state index contributed by atoms with van der Waals surface area (Å²) in [7, 11) is -0.102. The lowest BCUT2D eigenvalue weighted by Crippen LogP contribution is -2.42. The minimum Gasteiger partial charge on any atom is -0.472 e. The van der Waals surface area contributed by atoms with Crippen LogP contribution in [0.3, 0.4) is 0 Å². The highest BCUT2D eigenvalue weighted by Gasteiger charge is 2.43. The average Bonchev–Trinajstić information content (AvgIpc) is 2.87. The van der Waals surface area contributed by atoms with Gasteiger partial charge in [0, 0.05) is 13.0 Å². The van der Waals surface area contributed by atoms with Crippen molar-refractivity contribution in [3.05, 3.63) is 23.5 Å². The van der Waals surface area contributed by atoms with Gasteiger partial charge in [-0.25, -0.2) is 0 Å². The van der Waals surface area contributed by atoms with Gasteiger partial charge in [-0.05, 0) is 35.7 Å². The lowest BCUT2D eigenvalue weighted by molar-refractivity contribution is -0.130. The van der Waals surface area contributed by atoms with Gasteiger partial charge in [-0.1, -0.05) is 26.8 Å². The number of aliphatic hydroxyl groups excluding tert-OH is 1. The molecule has 2 aliphatic rings. The molecule has 3 atom stereocenters. The van der Waals surface area contributed by atoms with Crippen LogP contribution in [-0.2, 0) is 13.9 Å². The molecule has 0 aromatic carbocycles. The van der Waals surface area contributed by atoms with Gasteiger partial charge in [-0.2, -0.15) is 0 Å². The molecule has 0 amide bonds. The number of methoxy groups -OCH3 is 1. The Balaban J connectivity index is 2.09. The van der Waals surface area contributed by atoms with Crippen LogP contribution in [0.4, 0.5) is 0 Å². The van der Waals surface area contributed by atoms with Crippen molar-refractivity contribution in [2.24, 2.45) is 11.8 Å². The van der Waals surface area contributed by atoms with Crippen LogP contribution < -0.4 is 0 Å². The maximum atomic E-state index is 9.51. The van der Waals surface area contributed by atoms with Gasteiger partial charge in [0.25, 0.3) is 0 Å². The third kappa shape index (κ3) is 3.32. The minimum absolute atomic E-state index is 0.0435. The first-order chi connectivity index (χ1) is 10.2. The summed E-state index contributed by atoms with van der Waals surface area (Å²) < 4.78 is 17.5. The van der Waals surface area contributed by atoms with E-state index in [1.807, 2.05) is 0 Å². The Morgan fingerprint density at radius 2 is 2.00 bits per heavy atom. The van der Waals surface area contributed by atoms with Gasteiger partial charge in [-0.3, -0.25) is 0 Å². The largest absolute Gasteiger partial charge is 0.472 e. The molecule has 0 radical (unpaired) electrons. The van der Waals surface area contributed by atoms with Gasteiger partial charge in [0.05, 0.1) is 25.4 Å². The molecule has 126 valence electrons. The molecule has 2 rings (SSSR count). The topological polar surface area (TPSA) is 47.9 Å². The maximum Gasteiger partial charge on any atom is 0.205 e. The van der Waals surface area contributed by atoms with E-state index in [1.54, 1.807) is 13.4 Å². The lowest BCUT2D eigenvalue weighted by Gasteiger charge is -2.38. The third-order valence-corrected chi connectivity index (χ3v) is 9.92. The number of hydrogen-bond donors (Lipinski definition) is 1. The normalized spacial score (nSPS) is 28.8. The van der Waals surface area contributed by atoms with Gasteiger partial charge in [-0.15, -0.1) is 0 Å². The number of allylic oxidation sites excluding steroid dienone is 1. The Hall–Kier alpha value is -0.623. The van der Waals surface area contributed by atoms with E-state index in [2.05, 4.69) is 39.9 Å². The fraction of sp³-hybridized carbons (Fsp3) is 0.765. The summed E-state index contributed by atoms with van der Waals surface area (Å²) in [5.74, 6) is 0.434. The summed E-state index contributed by atoms with van der Waals surface area (Å²) in [4.78, 5) is 0. The average molecular weight is 327 g/mol. The summed E-state index contributed by atoms with van der Waals surface area (Å²) in [6.45, 7) is 12.0. The first kappa shape index (κ1) is 17.7. The summed E-state index contributed by atoms with van der Waals surface area (Å²) in [5.41, 5.74) is 2.21. The Bertz CT molecular complexity index is 462. The molecule has 4 nitrogen and oxygen atoms in total. The molecule has 0 bridgehead atoms. The third-order valence-electron chi connectivity index (χ3n) is 5.44. The molecule has 22 heavy (non-hydrogen) atoms. The van der Waals surface area contributed by atoms with Crippen LogP contribution in [0, 0.1) is 11.8 Å². The van der Waals surface area contributed by atoms with Gasteiger partial charge in [0.2, 0.25) is 6.29 Å². The van der Waals surface area contributed by atoms with Crippen molar-refractivity contribution in [3.63, 3.8) is 0 Å². The fourth-order valence-corrected chi connectivity index (χ4v) is 3.85. The van der Waals surface area contributed by atoms with E-state index in [1.165, 1.54) is 5.57 Å². The monoisotopic (exact) mass is 326 g/mol. The quantitative estimate of drug-likeness (QED) is 0.621. The molecule has 5 heteroatoms. The van der Waals surface area contributed by atoms with E-state index in [4.69, 9.17) is 13.9 Å². The maximum absolute atomic E-state index is 9.51. The molecule has 3 unspecified atom stereocenters. The predicted molar refractivity (Wildman–Crippen MR) is 89.9 cm³/mol. The number of hydrogen-bond acceptors (Lipinski definition) is 4. The van der Waals surface area contributed by atoms with Crippen molar-refractivity contribution in [2.75, 3.05) is 20.3 Å². The molecule has 1 aliphatic heterocycles. The van der Waals surface area contributed by atoms with Crippen molar-refractivity contribution < 1.29 is 19.0 Å². The van der Waals surface area contributed by atoms with Crippen molar-refractivity contribution in [3.8, 4) is 0 Å². The van der Waals surface area contributed by atoms with Gasteiger partial charge >= 0.3 is 0 Å². The Labute approximate surface area is 135 Å². The van der Waals surface area contributed by atoms with Gasteiger partial charge in [0.1, 0.15) is 0 Å². The van der Waals surface area contributed by atoms with E-state index < -0.39 is 8.32 Å². The second-order valence-electron chi connectivity index (χ2n) is 7.79. The Kier molecular flexibility index (Phi) is 5.22. The summed E-state index contributed by atoms with van der Waals surface area (Å²) >= 11 is 0. The minimum atomic E-state index is -1.77. The van der Waals surface area contributed by atoms with Crippen LogP contribution >= 0.6 is 0 Å². The van der Waals surface area contributed by atoms with E-state index in [9.17, 15) is 5.11 Å². The van der Waals surface area contributed by atoms with Crippen molar-refractivity contribution in [1.29, 1.82) is 0 Å². The van der Waals surface area contributed by atoms with Crippen LogP contribution in [0.1, 0.15) is 27.2 Å². The molecular formula is C17H30O4Si. The smallest absolute Gasteiger partial charge is 0.205 e. The lowest BCUT2D eigenvalue weighted by atomic mass is 9.84. The molecule has 0 aromatic heterocycles. The molecule has 0 aromatic rings. The number of aliphatic hydroxyl groups is 1. The zero-order valence-corrected chi connectivity index (χ0v) is 15.7. The Morgan fingerprint density at radius 1 is 1.32 bits per heavy atom. The van der Waals surface area contributed by atoms with Gasteiger partial charge in [0.15, 0.2) is 8.32 Å². The predicted octanol–water partition coefficient (Wildman–Crippen LogP) is 3.45. The van der Waals surface area contributed by atoms with Crippen molar-refractivity contribution in [2.45, 2.75) is 51.6 Å². The number of fused-ring (bicyclic) bond motifs is 1. The van der Waals surface area contributed by atoms with Crippen LogP contribution in [-0.4, -0.2) is 40.0 Å². The fourth-order valence-electron chi connectivity index (χ4n) is 2.88. The zero-order chi connectivity index (χ0) is 16.5. The first-order valence-electron chi connectivity index (χ1n) is 8.02. The number of rotatable bonds is 5. The molecule has 1 aliphatic carbocycles.